The van der Waals surface area contributed by atoms with Crippen LogP contribution in [-0.2, 0) is 6.42 Å². The van der Waals surface area contributed by atoms with Gasteiger partial charge in [0.15, 0.2) is 5.96 Å². The molecule has 1 aromatic rings. The lowest BCUT2D eigenvalue weighted by molar-refractivity contribution is -0.132. The van der Waals surface area contributed by atoms with E-state index in [1.807, 2.05) is 18.2 Å². The molecule has 0 amide bonds. The highest BCUT2D eigenvalue weighted by molar-refractivity contribution is 5.79. The van der Waals surface area contributed by atoms with Gasteiger partial charge < -0.3 is 10.6 Å². The van der Waals surface area contributed by atoms with Crippen molar-refractivity contribution in [2.75, 3.05) is 20.1 Å². The fourth-order valence-corrected chi connectivity index (χ4v) is 1.69. The second kappa shape index (κ2) is 8.45. The van der Waals surface area contributed by atoms with E-state index >= 15 is 0 Å². The summed E-state index contributed by atoms with van der Waals surface area (Å²) in [5.41, 5.74) is 1.24. The molecule has 0 saturated carbocycles. The zero-order chi connectivity index (χ0) is 14.8. The summed E-state index contributed by atoms with van der Waals surface area (Å²) in [7, 11) is 1.54. The monoisotopic (exact) mass is 287 g/mol. The minimum Gasteiger partial charge on any atom is -0.356 e. The Labute approximate surface area is 117 Å². The highest BCUT2D eigenvalue weighted by atomic mass is 19.4. The Hall–Kier alpha value is -1.72. The molecule has 0 aliphatic heterocycles. The molecule has 0 bridgehead atoms. The van der Waals surface area contributed by atoms with Crippen LogP contribution in [0.25, 0.3) is 0 Å². The maximum atomic E-state index is 12.0. The molecular weight excluding hydrogens is 267 g/mol. The van der Waals surface area contributed by atoms with Crippen LogP contribution in [0.3, 0.4) is 0 Å². The van der Waals surface area contributed by atoms with Gasteiger partial charge in [-0.25, -0.2) is 0 Å². The van der Waals surface area contributed by atoms with Crippen LogP contribution in [0.15, 0.2) is 35.3 Å². The van der Waals surface area contributed by atoms with Crippen LogP contribution >= 0.6 is 0 Å². The molecule has 2 N–H and O–H groups in total. The molecule has 3 nitrogen and oxygen atoms in total. The number of alkyl halides is 3. The van der Waals surface area contributed by atoms with Gasteiger partial charge in [-0.1, -0.05) is 30.3 Å². The Morgan fingerprint density at radius 1 is 1.10 bits per heavy atom. The molecule has 0 aromatic heterocycles. The van der Waals surface area contributed by atoms with Crippen LogP contribution in [0.4, 0.5) is 13.2 Å². The van der Waals surface area contributed by atoms with Crippen molar-refractivity contribution in [1.82, 2.24) is 10.6 Å². The lowest BCUT2D eigenvalue weighted by atomic mass is 10.1. The Bertz CT molecular complexity index is 402. The van der Waals surface area contributed by atoms with Crippen molar-refractivity contribution in [2.24, 2.45) is 4.99 Å². The van der Waals surface area contributed by atoms with Gasteiger partial charge in [0.2, 0.25) is 0 Å². The van der Waals surface area contributed by atoms with Crippen LogP contribution in [0, 0.1) is 0 Å². The zero-order valence-corrected chi connectivity index (χ0v) is 11.5. The minimum absolute atomic E-state index is 0.165. The SMILES string of the molecule is CN=C(NCCCc1ccccc1)NCCC(F)(F)F. The van der Waals surface area contributed by atoms with Crippen molar-refractivity contribution in [3.63, 3.8) is 0 Å². The van der Waals surface area contributed by atoms with Gasteiger partial charge in [-0.15, -0.1) is 0 Å². The molecule has 0 aliphatic carbocycles. The lowest BCUT2D eigenvalue weighted by Crippen LogP contribution is -2.39. The first-order valence-electron chi connectivity index (χ1n) is 6.56. The third kappa shape index (κ3) is 7.66. The molecule has 0 fully saturated rings. The number of nitrogens with one attached hydrogen (secondary N) is 2. The summed E-state index contributed by atoms with van der Waals surface area (Å²) in [5, 5.41) is 5.64. The second-order valence-electron chi connectivity index (χ2n) is 4.38. The number of hydrogen-bond donors (Lipinski definition) is 2. The molecular formula is C14H20F3N3. The molecule has 112 valence electrons. The summed E-state index contributed by atoms with van der Waals surface area (Å²) in [4.78, 5) is 3.88. The summed E-state index contributed by atoms with van der Waals surface area (Å²) in [6, 6.07) is 10.0. The summed E-state index contributed by atoms with van der Waals surface area (Å²) in [6.07, 6.45) is -3.19. The molecule has 0 unspecified atom stereocenters. The van der Waals surface area contributed by atoms with E-state index < -0.39 is 12.6 Å². The average Bonchev–Trinajstić information content (AvgIpc) is 2.41. The van der Waals surface area contributed by atoms with Gasteiger partial charge >= 0.3 is 6.18 Å². The van der Waals surface area contributed by atoms with E-state index in [9.17, 15) is 13.2 Å². The standard InChI is InChI=1S/C14H20F3N3/c1-18-13(20-11-9-14(15,16)17)19-10-5-8-12-6-3-2-4-7-12/h2-4,6-7H,5,8-11H2,1H3,(H2,18,19,20). The largest absolute Gasteiger partial charge is 0.390 e. The van der Waals surface area contributed by atoms with Gasteiger partial charge in [-0.3, -0.25) is 4.99 Å². The Balaban J connectivity index is 2.16. The highest BCUT2D eigenvalue weighted by Gasteiger charge is 2.26. The first kappa shape index (κ1) is 16.3. The maximum Gasteiger partial charge on any atom is 0.390 e. The van der Waals surface area contributed by atoms with Crippen LogP contribution in [0.2, 0.25) is 0 Å². The van der Waals surface area contributed by atoms with Gasteiger partial charge in [0, 0.05) is 20.1 Å². The smallest absolute Gasteiger partial charge is 0.356 e. The first-order valence-corrected chi connectivity index (χ1v) is 6.56. The molecule has 1 aromatic carbocycles. The Morgan fingerprint density at radius 2 is 1.75 bits per heavy atom. The Morgan fingerprint density at radius 3 is 2.35 bits per heavy atom. The van der Waals surface area contributed by atoms with E-state index in [1.165, 1.54) is 5.56 Å². The molecule has 0 spiro atoms. The van der Waals surface area contributed by atoms with E-state index in [-0.39, 0.29) is 6.54 Å². The van der Waals surface area contributed by atoms with Gasteiger partial charge in [-0.05, 0) is 18.4 Å². The predicted molar refractivity (Wildman–Crippen MR) is 74.8 cm³/mol. The number of guanidine groups is 1. The van der Waals surface area contributed by atoms with Crippen molar-refractivity contribution in [3.05, 3.63) is 35.9 Å². The zero-order valence-electron chi connectivity index (χ0n) is 11.5. The average molecular weight is 287 g/mol. The van der Waals surface area contributed by atoms with Gasteiger partial charge in [0.1, 0.15) is 0 Å². The van der Waals surface area contributed by atoms with Crippen molar-refractivity contribution >= 4 is 5.96 Å². The van der Waals surface area contributed by atoms with Crippen LogP contribution in [0.1, 0.15) is 18.4 Å². The lowest BCUT2D eigenvalue weighted by Gasteiger charge is -2.12. The first-order chi connectivity index (χ1) is 9.51. The number of aliphatic imine (C=N–C) groups is 1. The van der Waals surface area contributed by atoms with Crippen molar-refractivity contribution in [2.45, 2.75) is 25.4 Å². The summed E-state index contributed by atoms with van der Waals surface area (Å²) >= 11 is 0. The number of benzene rings is 1. The summed E-state index contributed by atoms with van der Waals surface area (Å²) in [5.74, 6) is 0.405. The number of aryl methyl sites for hydroxylation is 1. The summed E-state index contributed by atoms with van der Waals surface area (Å²) in [6.45, 7) is 0.502. The predicted octanol–water partition coefficient (Wildman–Crippen LogP) is 2.74. The third-order valence-electron chi connectivity index (χ3n) is 2.70. The van der Waals surface area contributed by atoms with Crippen LogP contribution in [-0.4, -0.2) is 32.3 Å². The fraction of sp³-hybridized carbons (Fsp3) is 0.500. The van der Waals surface area contributed by atoms with Crippen molar-refractivity contribution < 1.29 is 13.2 Å². The number of halogens is 3. The molecule has 6 heteroatoms. The maximum absolute atomic E-state index is 12.0. The van der Waals surface area contributed by atoms with E-state index in [0.29, 0.717) is 12.5 Å². The van der Waals surface area contributed by atoms with Gasteiger partial charge in [0.25, 0.3) is 0 Å². The van der Waals surface area contributed by atoms with E-state index in [4.69, 9.17) is 0 Å². The Kier molecular flexibility index (Phi) is 6.90. The third-order valence-corrected chi connectivity index (χ3v) is 2.70. The van der Waals surface area contributed by atoms with E-state index in [1.54, 1.807) is 7.05 Å². The molecule has 0 radical (unpaired) electrons. The number of rotatable bonds is 6. The topological polar surface area (TPSA) is 36.4 Å². The van der Waals surface area contributed by atoms with Crippen molar-refractivity contribution in [3.8, 4) is 0 Å². The van der Waals surface area contributed by atoms with E-state index in [2.05, 4.69) is 27.8 Å². The normalized spacial score (nSPS) is 12.3. The number of nitrogens with zero attached hydrogens (tertiary/aromatic N) is 1. The molecule has 0 saturated heterocycles. The molecule has 0 atom stereocenters. The molecule has 0 aliphatic rings. The van der Waals surface area contributed by atoms with Crippen LogP contribution < -0.4 is 10.6 Å². The molecule has 0 heterocycles. The molecule has 20 heavy (non-hydrogen) atoms. The highest BCUT2D eigenvalue weighted by Crippen LogP contribution is 2.17. The minimum atomic E-state index is -4.14. The fourth-order valence-electron chi connectivity index (χ4n) is 1.69. The number of hydrogen-bond acceptors (Lipinski definition) is 1. The second-order valence-corrected chi connectivity index (χ2v) is 4.38. The van der Waals surface area contributed by atoms with Crippen molar-refractivity contribution in [1.29, 1.82) is 0 Å². The van der Waals surface area contributed by atoms with Crippen LogP contribution in [0.5, 0.6) is 0 Å². The van der Waals surface area contributed by atoms with Gasteiger partial charge in [-0.2, -0.15) is 13.2 Å². The molecule has 1 rings (SSSR count). The van der Waals surface area contributed by atoms with E-state index in [0.717, 1.165) is 12.8 Å². The quantitative estimate of drug-likeness (QED) is 0.479. The van der Waals surface area contributed by atoms with Gasteiger partial charge in [0.05, 0.1) is 6.42 Å². The summed E-state index contributed by atoms with van der Waals surface area (Å²) < 4.78 is 36.0.